The molecular weight excluding hydrogens is 216 g/mol. The average Bonchev–Trinajstić information content (AvgIpc) is 2.74. The van der Waals surface area contributed by atoms with Gasteiger partial charge in [-0.25, -0.2) is 0 Å². The standard InChI is InChI=1S/C13H24N2O2/c1-10-12(7-9-17-10)15-13(16)6-5-11-4-2-3-8-14-11/h10-12,14H,2-9H2,1H3,(H,15,16). The highest BCUT2D eigenvalue weighted by atomic mass is 16.5. The highest BCUT2D eigenvalue weighted by Gasteiger charge is 2.25. The maximum absolute atomic E-state index is 11.8. The van der Waals surface area contributed by atoms with E-state index in [2.05, 4.69) is 10.6 Å². The van der Waals surface area contributed by atoms with E-state index in [-0.39, 0.29) is 18.1 Å². The molecule has 2 aliphatic rings. The summed E-state index contributed by atoms with van der Waals surface area (Å²) in [4.78, 5) is 11.8. The second-order valence-electron chi connectivity index (χ2n) is 5.22. The van der Waals surface area contributed by atoms with Gasteiger partial charge in [-0.05, 0) is 39.2 Å². The molecule has 4 nitrogen and oxygen atoms in total. The van der Waals surface area contributed by atoms with Crippen molar-refractivity contribution in [2.75, 3.05) is 13.2 Å². The number of nitrogens with one attached hydrogen (secondary N) is 2. The molecule has 17 heavy (non-hydrogen) atoms. The minimum absolute atomic E-state index is 0.173. The van der Waals surface area contributed by atoms with Crippen molar-refractivity contribution in [2.24, 2.45) is 0 Å². The van der Waals surface area contributed by atoms with Crippen molar-refractivity contribution in [1.29, 1.82) is 0 Å². The Morgan fingerprint density at radius 1 is 1.41 bits per heavy atom. The fraction of sp³-hybridized carbons (Fsp3) is 0.923. The maximum Gasteiger partial charge on any atom is 0.220 e. The molecule has 1 amide bonds. The highest BCUT2D eigenvalue weighted by molar-refractivity contribution is 5.76. The zero-order valence-corrected chi connectivity index (χ0v) is 10.7. The smallest absolute Gasteiger partial charge is 0.220 e. The van der Waals surface area contributed by atoms with Gasteiger partial charge in [-0.3, -0.25) is 4.79 Å². The van der Waals surface area contributed by atoms with Crippen molar-refractivity contribution in [3.8, 4) is 0 Å². The van der Waals surface area contributed by atoms with Gasteiger partial charge in [-0.15, -0.1) is 0 Å². The molecule has 2 N–H and O–H groups in total. The van der Waals surface area contributed by atoms with Gasteiger partial charge in [0.1, 0.15) is 0 Å². The molecule has 4 heteroatoms. The first-order chi connectivity index (χ1) is 8.25. The molecule has 0 aromatic heterocycles. The van der Waals surface area contributed by atoms with Gasteiger partial charge < -0.3 is 15.4 Å². The number of carbonyl (C=O) groups is 1. The second kappa shape index (κ2) is 6.36. The van der Waals surface area contributed by atoms with Crippen LogP contribution in [0, 0.1) is 0 Å². The molecule has 3 unspecified atom stereocenters. The van der Waals surface area contributed by atoms with E-state index in [4.69, 9.17) is 4.74 Å². The summed E-state index contributed by atoms with van der Waals surface area (Å²) in [5.74, 6) is 0.180. The van der Waals surface area contributed by atoms with Gasteiger partial charge >= 0.3 is 0 Å². The van der Waals surface area contributed by atoms with E-state index in [1.807, 2.05) is 6.92 Å². The molecule has 2 heterocycles. The number of carbonyl (C=O) groups excluding carboxylic acids is 1. The van der Waals surface area contributed by atoms with Crippen LogP contribution in [0.1, 0.15) is 45.4 Å². The molecule has 0 saturated carbocycles. The Morgan fingerprint density at radius 3 is 2.94 bits per heavy atom. The van der Waals surface area contributed by atoms with E-state index in [0.717, 1.165) is 26.0 Å². The molecule has 0 aliphatic carbocycles. The summed E-state index contributed by atoms with van der Waals surface area (Å²) >= 11 is 0. The molecule has 0 radical (unpaired) electrons. The summed E-state index contributed by atoms with van der Waals surface area (Å²) in [6.45, 7) is 3.91. The third kappa shape index (κ3) is 3.96. The third-order valence-corrected chi connectivity index (χ3v) is 3.85. The van der Waals surface area contributed by atoms with E-state index in [1.54, 1.807) is 0 Å². The van der Waals surface area contributed by atoms with Crippen LogP contribution in [0.5, 0.6) is 0 Å². The molecule has 2 rings (SSSR count). The minimum atomic E-state index is 0.173. The van der Waals surface area contributed by atoms with Crippen molar-refractivity contribution < 1.29 is 9.53 Å². The topological polar surface area (TPSA) is 50.4 Å². The lowest BCUT2D eigenvalue weighted by atomic mass is 10.0. The Labute approximate surface area is 103 Å². The van der Waals surface area contributed by atoms with E-state index < -0.39 is 0 Å². The number of hydrogen-bond donors (Lipinski definition) is 2. The summed E-state index contributed by atoms with van der Waals surface area (Å²) in [5.41, 5.74) is 0. The largest absolute Gasteiger partial charge is 0.376 e. The fourth-order valence-electron chi connectivity index (χ4n) is 2.68. The monoisotopic (exact) mass is 240 g/mol. The van der Waals surface area contributed by atoms with Gasteiger partial charge in [-0.1, -0.05) is 6.42 Å². The number of ether oxygens (including phenoxy) is 1. The zero-order valence-electron chi connectivity index (χ0n) is 10.7. The fourth-order valence-corrected chi connectivity index (χ4v) is 2.68. The molecule has 0 aromatic carbocycles. The van der Waals surface area contributed by atoms with Crippen LogP contribution in [-0.4, -0.2) is 37.2 Å². The lowest BCUT2D eigenvalue weighted by molar-refractivity contribution is -0.122. The Kier molecular flexibility index (Phi) is 4.80. The zero-order chi connectivity index (χ0) is 12.1. The first kappa shape index (κ1) is 12.8. The van der Waals surface area contributed by atoms with Crippen LogP contribution in [0.15, 0.2) is 0 Å². The van der Waals surface area contributed by atoms with Gasteiger partial charge in [-0.2, -0.15) is 0 Å². The van der Waals surface area contributed by atoms with Crippen molar-refractivity contribution in [2.45, 2.75) is 63.6 Å². The van der Waals surface area contributed by atoms with Crippen LogP contribution in [0.2, 0.25) is 0 Å². The van der Waals surface area contributed by atoms with Crippen LogP contribution < -0.4 is 10.6 Å². The van der Waals surface area contributed by atoms with E-state index in [1.165, 1.54) is 19.3 Å². The van der Waals surface area contributed by atoms with Crippen LogP contribution in [0.4, 0.5) is 0 Å². The molecule has 2 saturated heterocycles. The maximum atomic E-state index is 11.8. The first-order valence-corrected chi connectivity index (χ1v) is 6.90. The van der Waals surface area contributed by atoms with Crippen LogP contribution in [-0.2, 0) is 9.53 Å². The Balaban J connectivity index is 1.63. The summed E-state index contributed by atoms with van der Waals surface area (Å²) in [5, 5.41) is 6.55. The van der Waals surface area contributed by atoms with Gasteiger partial charge in [0.2, 0.25) is 5.91 Å². The lowest BCUT2D eigenvalue weighted by Crippen LogP contribution is -2.40. The van der Waals surface area contributed by atoms with Crippen LogP contribution in [0.25, 0.3) is 0 Å². The van der Waals surface area contributed by atoms with Gasteiger partial charge in [0.25, 0.3) is 0 Å². The van der Waals surface area contributed by atoms with Gasteiger partial charge in [0.05, 0.1) is 12.1 Å². The number of piperidine rings is 1. The molecule has 0 aromatic rings. The number of hydrogen-bond acceptors (Lipinski definition) is 3. The molecule has 98 valence electrons. The molecule has 2 fully saturated rings. The third-order valence-electron chi connectivity index (χ3n) is 3.85. The minimum Gasteiger partial charge on any atom is -0.376 e. The highest BCUT2D eigenvalue weighted by Crippen LogP contribution is 2.14. The summed E-state index contributed by atoms with van der Waals surface area (Å²) in [6, 6.07) is 0.772. The van der Waals surface area contributed by atoms with Gasteiger partial charge in [0, 0.05) is 19.1 Å². The van der Waals surface area contributed by atoms with Crippen LogP contribution >= 0.6 is 0 Å². The van der Waals surface area contributed by atoms with Crippen molar-refractivity contribution in [1.82, 2.24) is 10.6 Å². The molecule has 0 spiro atoms. The quantitative estimate of drug-likeness (QED) is 0.776. The predicted molar refractivity (Wildman–Crippen MR) is 66.8 cm³/mol. The molecule has 0 bridgehead atoms. The first-order valence-electron chi connectivity index (χ1n) is 6.90. The second-order valence-corrected chi connectivity index (χ2v) is 5.22. The predicted octanol–water partition coefficient (Wildman–Crippen LogP) is 1.20. The lowest BCUT2D eigenvalue weighted by Gasteiger charge is -2.23. The van der Waals surface area contributed by atoms with E-state index >= 15 is 0 Å². The summed E-state index contributed by atoms with van der Waals surface area (Å²) in [7, 11) is 0. The van der Waals surface area contributed by atoms with Crippen molar-refractivity contribution in [3.05, 3.63) is 0 Å². The summed E-state index contributed by atoms with van der Waals surface area (Å²) in [6.07, 6.45) is 6.53. The Hall–Kier alpha value is -0.610. The van der Waals surface area contributed by atoms with Crippen LogP contribution in [0.3, 0.4) is 0 Å². The summed E-state index contributed by atoms with van der Waals surface area (Å²) < 4.78 is 5.43. The van der Waals surface area contributed by atoms with Crippen molar-refractivity contribution in [3.63, 3.8) is 0 Å². The molecule has 2 aliphatic heterocycles. The van der Waals surface area contributed by atoms with Crippen molar-refractivity contribution >= 4 is 5.91 Å². The SMILES string of the molecule is CC1OCCC1NC(=O)CCC1CCCCN1. The van der Waals surface area contributed by atoms with Gasteiger partial charge in [0.15, 0.2) is 0 Å². The van der Waals surface area contributed by atoms with E-state index in [0.29, 0.717) is 12.5 Å². The Bertz CT molecular complexity index is 252. The number of amides is 1. The Morgan fingerprint density at radius 2 is 2.29 bits per heavy atom. The normalized spacial score (nSPS) is 33.6. The number of rotatable bonds is 4. The average molecular weight is 240 g/mol. The van der Waals surface area contributed by atoms with E-state index in [9.17, 15) is 4.79 Å². The molecular formula is C13H24N2O2. The molecule has 3 atom stereocenters.